The Bertz CT molecular complexity index is 1140. The Balaban J connectivity index is 1.42. The molecule has 0 spiro atoms. The van der Waals surface area contributed by atoms with Crippen molar-refractivity contribution in [2.45, 2.75) is 53.2 Å². The molecule has 2 aromatic heterocycles. The van der Waals surface area contributed by atoms with Gasteiger partial charge in [-0.25, -0.2) is 14.8 Å². The smallest absolute Gasteiger partial charge is 0.324 e. The van der Waals surface area contributed by atoms with E-state index >= 15 is 0 Å². The van der Waals surface area contributed by atoms with E-state index in [2.05, 4.69) is 16.5 Å². The van der Waals surface area contributed by atoms with Crippen LogP contribution in [0.1, 0.15) is 43.3 Å². The van der Waals surface area contributed by atoms with Gasteiger partial charge in [-0.2, -0.15) is 0 Å². The van der Waals surface area contributed by atoms with Crippen LogP contribution in [0.2, 0.25) is 0 Å². The Labute approximate surface area is 201 Å². The lowest BCUT2D eigenvalue weighted by atomic mass is 9.93. The molecule has 1 saturated heterocycles. The molecule has 182 valence electrons. The first-order valence-corrected chi connectivity index (χ1v) is 12.2. The number of carbonyl (C=O) groups is 1. The summed E-state index contributed by atoms with van der Waals surface area (Å²) in [5.41, 5.74) is 11.0. The van der Waals surface area contributed by atoms with Gasteiger partial charge in [-0.3, -0.25) is 4.90 Å². The number of nitrogens with two attached hydrogens (primary N) is 1. The summed E-state index contributed by atoms with van der Waals surface area (Å²) in [6.45, 7) is 9.58. The molecule has 4 rings (SSSR count). The van der Waals surface area contributed by atoms with Crippen LogP contribution in [0.5, 0.6) is 0 Å². The molecule has 0 aliphatic carbocycles. The molecule has 0 bridgehead atoms. The topological polar surface area (TPSA) is 89.5 Å². The van der Waals surface area contributed by atoms with Crippen LogP contribution in [0, 0.1) is 19.8 Å². The van der Waals surface area contributed by atoms with Crippen molar-refractivity contribution in [3.05, 3.63) is 47.4 Å². The van der Waals surface area contributed by atoms with E-state index in [1.807, 2.05) is 56.1 Å². The third-order valence-electron chi connectivity index (χ3n) is 6.99. The molecule has 3 aromatic rings. The standard InChI is InChI=1S/C26H36N6O2/c1-5-34-17-22-29-23-24(18(2)19(3)28-25(23)27)32(22)16-13-20-11-14-31(15-12-20)26(33)30(4)21-9-7-6-8-10-21/h6-10,20H,5,11-17H2,1-4H3,(H2,27,28). The zero-order valence-electron chi connectivity index (χ0n) is 20.8. The van der Waals surface area contributed by atoms with E-state index in [0.29, 0.717) is 24.9 Å². The second-order valence-electron chi connectivity index (χ2n) is 9.12. The van der Waals surface area contributed by atoms with Crippen LogP contribution in [-0.4, -0.2) is 52.2 Å². The van der Waals surface area contributed by atoms with Crippen molar-refractivity contribution in [1.82, 2.24) is 19.4 Å². The number of urea groups is 1. The van der Waals surface area contributed by atoms with Gasteiger partial charge in [0.05, 0.1) is 5.52 Å². The number of carbonyl (C=O) groups excluding carboxylic acids is 1. The van der Waals surface area contributed by atoms with Crippen LogP contribution in [0.25, 0.3) is 11.0 Å². The number of hydrogen-bond acceptors (Lipinski definition) is 5. The van der Waals surface area contributed by atoms with Crippen LogP contribution in [0.4, 0.5) is 16.3 Å². The summed E-state index contributed by atoms with van der Waals surface area (Å²) in [5.74, 6) is 1.93. The number of aromatic nitrogens is 3. The van der Waals surface area contributed by atoms with Crippen molar-refractivity contribution in [3.8, 4) is 0 Å². The number of hydrogen-bond donors (Lipinski definition) is 1. The van der Waals surface area contributed by atoms with Gasteiger partial charge in [0.1, 0.15) is 17.9 Å². The lowest BCUT2D eigenvalue weighted by Crippen LogP contribution is -2.45. The van der Waals surface area contributed by atoms with E-state index in [9.17, 15) is 4.79 Å². The average molecular weight is 465 g/mol. The highest BCUT2D eigenvalue weighted by atomic mass is 16.5. The maximum Gasteiger partial charge on any atom is 0.324 e. The molecule has 1 aliphatic rings. The number of aryl methyl sites for hydroxylation is 3. The second kappa shape index (κ2) is 10.4. The van der Waals surface area contributed by atoms with Crippen molar-refractivity contribution in [2.75, 3.05) is 37.4 Å². The molecule has 0 radical (unpaired) electrons. The van der Waals surface area contributed by atoms with Crippen LogP contribution < -0.4 is 10.6 Å². The lowest BCUT2D eigenvalue weighted by Gasteiger charge is -2.34. The molecule has 1 aliphatic heterocycles. The van der Waals surface area contributed by atoms with E-state index < -0.39 is 0 Å². The summed E-state index contributed by atoms with van der Waals surface area (Å²) in [6, 6.07) is 9.87. The normalized spacial score (nSPS) is 14.6. The van der Waals surface area contributed by atoms with E-state index in [0.717, 1.165) is 72.7 Å². The van der Waals surface area contributed by atoms with Gasteiger partial charge in [-0.05, 0) is 63.6 Å². The Kier molecular flexibility index (Phi) is 7.36. The number of pyridine rings is 1. The second-order valence-corrected chi connectivity index (χ2v) is 9.12. The van der Waals surface area contributed by atoms with Gasteiger partial charge < -0.3 is 19.9 Å². The first-order valence-electron chi connectivity index (χ1n) is 12.2. The number of nitrogens with zero attached hydrogens (tertiary/aromatic N) is 5. The zero-order valence-corrected chi connectivity index (χ0v) is 20.8. The van der Waals surface area contributed by atoms with Crippen LogP contribution in [0.3, 0.4) is 0 Å². The molecule has 34 heavy (non-hydrogen) atoms. The average Bonchev–Trinajstić information content (AvgIpc) is 3.23. The molecule has 0 unspecified atom stereocenters. The van der Waals surface area contributed by atoms with Crippen LogP contribution >= 0.6 is 0 Å². The number of ether oxygens (including phenoxy) is 1. The Morgan fingerprint density at radius 1 is 1.18 bits per heavy atom. The van der Waals surface area contributed by atoms with E-state index in [1.165, 1.54) is 0 Å². The highest BCUT2D eigenvalue weighted by Crippen LogP contribution is 2.29. The highest BCUT2D eigenvalue weighted by Gasteiger charge is 2.26. The van der Waals surface area contributed by atoms with E-state index in [-0.39, 0.29) is 6.03 Å². The van der Waals surface area contributed by atoms with E-state index in [4.69, 9.17) is 15.5 Å². The minimum Gasteiger partial charge on any atom is -0.382 e. The number of amides is 2. The molecule has 0 atom stereocenters. The molecular formula is C26H36N6O2. The molecule has 3 heterocycles. The Hall–Kier alpha value is -3.13. The number of imidazole rings is 1. The lowest BCUT2D eigenvalue weighted by molar-refractivity contribution is 0.125. The van der Waals surface area contributed by atoms with Gasteiger partial charge in [0.2, 0.25) is 0 Å². The molecule has 1 aromatic carbocycles. The molecule has 0 saturated carbocycles. The predicted octanol–water partition coefficient (Wildman–Crippen LogP) is 4.53. The molecule has 1 fully saturated rings. The summed E-state index contributed by atoms with van der Waals surface area (Å²) in [7, 11) is 1.85. The number of benzene rings is 1. The summed E-state index contributed by atoms with van der Waals surface area (Å²) < 4.78 is 7.97. The van der Waals surface area contributed by atoms with Gasteiger partial charge in [0.15, 0.2) is 5.82 Å². The minimum atomic E-state index is 0.0679. The zero-order chi connectivity index (χ0) is 24.2. The summed E-state index contributed by atoms with van der Waals surface area (Å²) in [5, 5.41) is 0. The first-order chi connectivity index (χ1) is 16.4. The number of para-hydroxylation sites is 1. The largest absolute Gasteiger partial charge is 0.382 e. The maximum absolute atomic E-state index is 13.0. The predicted molar refractivity (Wildman–Crippen MR) is 136 cm³/mol. The van der Waals surface area contributed by atoms with Crippen LogP contribution in [-0.2, 0) is 17.9 Å². The van der Waals surface area contributed by atoms with Crippen molar-refractivity contribution in [3.63, 3.8) is 0 Å². The number of fused-ring (bicyclic) bond motifs is 1. The maximum atomic E-state index is 13.0. The van der Waals surface area contributed by atoms with Crippen molar-refractivity contribution in [1.29, 1.82) is 0 Å². The first kappa shape index (κ1) is 24.0. The fourth-order valence-electron chi connectivity index (χ4n) is 4.79. The number of nitrogen functional groups attached to an aromatic ring is 1. The minimum absolute atomic E-state index is 0.0679. The quantitative estimate of drug-likeness (QED) is 0.555. The molecule has 2 amide bonds. The number of anilines is 2. The summed E-state index contributed by atoms with van der Waals surface area (Å²) in [4.78, 5) is 25.9. The number of rotatable bonds is 7. The number of piperidine rings is 1. The monoisotopic (exact) mass is 464 g/mol. The SMILES string of the molecule is CCOCc1nc2c(N)nc(C)c(C)c2n1CCC1CCN(C(=O)N(C)c2ccccc2)CC1. The van der Waals surface area contributed by atoms with E-state index in [1.54, 1.807) is 4.90 Å². The molecule has 8 heteroatoms. The third-order valence-corrected chi connectivity index (χ3v) is 6.99. The summed E-state index contributed by atoms with van der Waals surface area (Å²) in [6.07, 6.45) is 3.04. The summed E-state index contributed by atoms with van der Waals surface area (Å²) >= 11 is 0. The van der Waals surface area contributed by atoms with Crippen molar-refractivity contribution in [2.24, 2.45) is 5.92 Å². The Morgan fingerprint density at radius 3 is 2.56 bits per heavy atom. The van der Waals surface area contributed by atoms with Crippen LogP contribution in [0.15, 0.2) is 30.3 Å². The van der Waals surface area contributed by atoms with Gasteiger partial charge in [-0.1, -0.05) is 18.2 Å². The van der Waals surface area contributed by atoms with Gasteiger partial charge in [-0.15, -0.1) is 0 Å². The fraction of sp³-hybridized carbons (Fsp3) is 0.500. The molecule has 8 nitrogen and oxygen atoms in total. The van der Waals surface area contributed by atoms with Gasteiger partial charge >= 0.3 is 6.03 Å². The molecular weight excluding hydrogens is 428 g/mol. The fourth-order valence-corrected chi connectivity index (χ4v) is 4.79. The van der Waals surface area contributed by atoms with Crippen molar-refractivity contribution >= 4 is 28.6 Å². The van der Waals surface area contributed by atoms with Crippen molar-refractivity contribution < 1.29 is 9.53 Å². The molecule has 2 N–H and O–H groups in total. The number of likely N-dealkylation sites (tertiary alicyclic amines) is 1. The highest BCUT2D eigenvalue weighted by molar-refractivity contribution is 5.91. The van der Waals surface area contributed by atoms with Gasteiger partial charge in [0, 0.05) is 44.7 Å². The Morgan fingerprint density at radius 2 is 1.88 bits per heavy atom. The third kappa shape index (κ3) is 4.87. The van der Waals surface area contributed by atoms with Gasteiger partial charge in [0.25, 0.3) is 0 Å².